The molecule has 0 aliphatic carbocycles. The number of ketones is 1. The molecule has 0 aromatic carbocycles. The third kappa shape index (κ3) is 7.55. The van der Waals surface area contributed by atoms with Gasteiger partial charge in [-0.1, -0.05) is 20.8 Å². The Bertz CT molecular complexity index is 175. The fourth-order valence-corrected chi connectivity index (χ4v) is 1.69. The van der Waals surface area contributed by atoms with Crippen LogP contribution in [-0.4, -0.2) is 29.8 Å². The van der Waals surface area contributed by atoms with Gasteiger partial charge in [0.1, 0.15) is 5.78 Å². The van der Waals surface area contributed by atoms with Gasteiger partial charge in [-0.25, -0.2) is 0 Å². The van der Waals surface area contributed by atoms with Gasteiger partial charge in [0, 0.05) is 25.4 Å². The molecule has 0 saturated heterocycles. The van der Waals surface area contributed by atoms with Crippen molar-refractivity contribution in [2.45, 2.75) is 59.9 Å². The number of hydrogen-bond acceptors (Lipinski definition) is 2. The van der Waals surface area contributed by atoms with Gasteiger partial charge >= 0.3 is 0 Å². The Labute approximate surface area is 95.0 Å². The average molecular weight is 213 g/mol. The topological polar surface area (TPSA) is 20.3 Å². The van der Waals surface area contributed by atoms with E-state index in [1.54, 1.807) is 0 Å². The molecule has 0 N–H and O–H groups in total. The Hall–Kier alpha value is -0.370. The van der Waals surface area contributed by atoms with Gasteiger partial charge in [0.25, 0.3) is 0 Å². The van der Waals surface area contributed by atoms with E-state index in [0.717, 1.165) is 25.9 Å². The Morgan fingerprint density at radius 1 is 1.20 bits per heavy atom. The van der Waals surface area contributed by atoms with Crippen molar-refractivity contribution in [2.75, 3.05) is 13.1 Å². The van der Waals surface area contributed by atoms with E-state index in [1.807, 2.05) is 6.92 Å². The summed E-state index contributed by atoms with van der Waals surface area (Å²) in [4.78, 5) is 13.6. The zero-order valence-corrected chi connectivity index (χ0v) is 11.0. The van der Waals surface area contributed by atoms with Gasteiger partial charge in [-0.05, 0) is 32.7 Å². The minimum Gasteiger partial charge on any atom is -0.301 e. The second-order valence-corrected chi connectivity index (χ2v) is 4.98. The van der Waals surface area contributed by atoms with Gasteiger partial charge < -0.3 is 4.90 Å². The van der Waals surface area contributed by atoms with Crippen LogP contribution in [0.4, 0.5) is 0 Å². The molecule has 0 rings (SSSR count). The average Bonchev–Trinajstić information content (AvgIpc) is 2.15. The van der Waals surface area contributed by atoms with E-state index in [1.165, 1.54) is 0 Å². The Morgan fingerprint density at radius 3 is 2.20 bits per heavy atom. The lowest BCUT2D eigenvalue weighted by Crippen LogP contribution is -2.35. The lowest BCUT2D eigenvalue weighted by molar-refractivity contribution is -0.118. The van der Waals surface area contributed by atoms with Gasteiger partial charge in [-0.3, -0.25) is 4.79 Å². The fourth-order valence-electron chi connectivity index (χ4n) is 1.69. The van der Waals surface area contributed by atoms with Crippen molar-refractivity contribution in [2.24, 2.45) is 5.92 Å². The summed E-state index contributed by atoms with van der Waals surface area (Å²) in [7, 11) is 0. The first-order valence-corrected chi connectivity index (χ1v) is 6.23. The maximum atomic E-state index is 11.2. The van der Waals surface area contributed by atoms with Gasteiger partial charge in [-0.2, -0.15) is 0 Å². The number of rotatable bonds is 8. The Balaban J connectivity index is 3.81. The van der Waals surface area contributed by atoms with Gasteiger partial charge in [-0.15, -0.1) is 0 Å². The molecule has 0 heterocycles. The van der Waals surface area contributed by atoms with E-state index in [0.29, 0.717) is 24.2 Å². The molecule has 0 fully saturated rings. The minimum atomic E-state index is 0.392. The summed E-state index contributed by atoms with van der Waals surface area (Å²) in [6, 6.07) is 0.587. The van der Waals surface area contributed by atoms with E-state index < -0.39 is 0 Å². The molecule has 0 atom stereocenters. The van der Waals surface area contributed by atoms with Crippen LogP contribution < -0.4 is 0 Å². The van der Waals surface area contributed by atoms with Crippen LogP contribution in [0.1, 0.15) is 53.9 Å². The van der Waals surface area contributed by atoms with Crippen molar-refractivity contribution in [3.8, 4) is 0 Å². The maximum absolute atomic E-state index is 11.2. The molecule has 0 unspecified atom stereocenters. The SMILES string of the molecule is CCC(=O)CCCN(CC(C)C)C(C)C. The van der Waals surface area contributed by atoms with Crippen LogP contribution in [0.3, 0.4) is 0 Å². The van der Waals surface area contributed by atoms with Gasteiger partial charge in [0.2, 0.25) is 0 Å². The number of Topliss-reactive ketones (excluding diaryl/α,β-unsaturated/α-hetero) is 1. The number of carbonyl (C=O) groups is 1. The molecule has 0 aromatic rings. The van der Waals surface area contributed by atoms with Crippen LogP contribution in [0.5, 0.6) is 0 Å². The maximum Gasteiger partial charge on any atom is 0.132 e. The highest BCUT2D eigenvalue weighted by molar-refractivity contribution is 5.77. The van der Waals surface area contributed by atoms with E-state index in [4.69, 9.17) is 0 Å². The summed E-state index contributed by atoms with van der Waals surface area (Å²) in [5.41, 5.74) is 0. The summed E-state index contributed by atoms with van der Waals surface area (Å²) in [6.45, 7) is 13.1. The second-order valence-electron chi connectivity index (χ2n) is 4.98. The van der Waals surface area contributed by atoms with Crippen molar-refractivity contribution < 1.29 is 4.79 Å². The predicted octanol–water partition coefficient (Wildman–Crippen LogP) is 3.11. The molecule has 0 saturated carbocycles. The molecule has 0 spiro atoms. The van der Waals surface area contributed by atoms with Gasteiger partial charge in [0.15, 0.2) is 0 Å². The van der Waals surface area contributed by atoms with E-state index >= 15 is 0 Å². The number of carbonyl (C=O) groups excluding carboxylic acids is 1. The van der Waals surface area contributed by atoms with Crippen molar-refractivity contribution in [3.63, 3.8) is 0 Å². The molecule has 0 aromatic heterocycles. The largest absolute Gasteiger partial charge is 0.301 e. The molecule has 0 bridgehead atoms. The van der Waals surface area contributed by atoms with Crippen LogP contribution in [0.25, 0.3) is 0 Å². The summed E-state index contributed by atoms with van der Waals surface area (Å²) in [5, 5.41) is 0. The molecule has 90 valence electrons. The molecule has 2 nitrogen and oxygen atoms in total. The molecular weight excluding hydrogens is 186 g/mol. The molecule has 0 aliphatic heterocycles. The highest BCUT2D eigenvalue weighted by Crippen LogP contribution is 2.06. The summed E-state index contributed by atoms with van der Waals surface area (Å²) < 4.78 is 0. The standard InChI is InChI=1S/C13H27NO/c1-6-13(15)8-7-9-14(12(4)5)10-11(2)3/h11-12H,6-10H2,1-5H3. The molecule has 0 radical (unpaired) electrons. The molecule has 0 amide bonds. The third-order valence-corrected chi connectivity index (χ3v) is 2.63. The summed E-state index contributed by atoms with van der Waals surface area (Å²) in [5.74, 6) is 1.09. The summed E-state index contributed by atoms with van der Waals surface area (Å²) >= 11 is 0. The van der Waals surface area contributed by atoms with Crippen LogP contribution >= 0.6 is 0 Å². The number of nitrogens with zero attached hydrogens (tertiary/aromatic N) is 1. The lowest BCUT2D eigenvalue weighted by Gasteiger charge is -2.28. The fraction of sp³-hybridized carbons (Fsp3) is 0.923. The van der Waals surface area contributed by atoms with E-state index in [9.17, 15) is 4.79 Å². The highest BCUT2D eigenvalue weighted by atomic mass is 16.1. The van der Waals surface area contributed by atoms with Crippen LogP contribution in [0.15, 0.2) is 0 Å². The van der Waals surface area contributed by atoms with Crippen molar-refractivity contribution in [1.82, 2.24) is 4.90 Å². The minimum absolute atomic E-state index is 0.392. The zero-order chi connectivity index (χ0) is 11.8. The van der Waals surface area contributed by atoms with Crippen molar-refractivity contribution >= 4 is 5.78 Å². The monoisotopic (exact) mass is 213 g/mol. The molecule has 2 heteroatoms. The quantitative estimate of drug-likeness (QED) is 0.617. The van der Waals surface area contributed by atoms with E-state index in [-0.39, 0.29) is 0 Å². The van der Waals surface area contributed by atoms with Crippen molar-refractivity contribution in [3.05, 3.63) is 0 Å². The van der Waals surface area contributed by atoms with Crippen LogP contribution in [0.2, 0.25) is 0 Å². The molecule has 15 heavy (non-hydrogen) atoms. The highest BCUT2D eigenvalue weighted by Gasteiger charge is 2.11. The normalized spacial score (nSPS) is 11.7. The number of hydrogen-bond donors (Lipinski definition) is 0. The molecular formula is C13H27NO. The molecule has 0 aliphatic rings. The van der Waals surface area contributed by atoms with Crippen LogP contribution in [-0.2, 0) is 4.79 Å². The Morgan fingerprint density at radius 2 is 1.80 bits per heavy atom. The first-order valence-electron chi connectivity index (χ1n) is 6.23. The van der Waals surface area contributed by atoms with Crippen LogP contribution in [0, 0.1) is 5.92 Å². The summed E-state index contributed by atoms with van der Waals surface area (Å²) in [6.07, 6.45) is 2.45. The van der Waals surface area contributed by atoms with Gasteiger partial charge in [0.05, 0.1) is 0 Å². The first-order chi connectivity index (χ1) is 6.97. The van der Waals surface area contributed by atoms with Crippen molar-refractivity contribution in [1.29, 1.82) is 0 Å². The Kier molecular flexibility index (Phi) is 7.67. The predicted molar refractivity (Wildman–Crippen MR) is 66.1 cm³/mol. The smallest absolute Gasteiger partial charge is 0.132 e. The zero-order valence-electron chi connectivity index (χ0n) is 11.0. The third-order valence-electron chi connectivity index (χ3n) is 2.63. The first kappa shape index (κ1) is 14.6. The second kappa shape index (κ2) is 7.86. The lowest BCUT2D eigenvalue weighted by atomic mass is 10.1. The van der Waals surface area contributed by atoms with E-state index in [2.05, 4.69) is 32.6 Å².